The highest BCUT2D eigenvalue weighted by molar-refractivity contribution is 6.05. The molecule has 4 aromatic carbocycles. The Morgan fingerprint density at radius 1 is 0.828 bits per heavy atom. The van der Waals surface area contributed by atoms with E-state index < -0.39 is 18.2 Å². The SMILES string of the molecule is CC[C@H](C)[C@H](NC(=O)OC)C(=O)N1CCC[C@H]1c1ncc(-c2ccc(-c3ccc4c(ccc5nc([C@@H]6C[C@H](COC)CN6C(=O)[C@H](NC(=O)C6CC6)c6ccccc6)[nH]c54)c3)cc2)[nH]1. The standard InChI is InChI=1S/C50H56N8O6/c1-5-29(2)42(56-50(62)64-4)48(60)57-23-9-12-40(57)45-51-26-39(53-45)32-15-13-31(14-16-32)35-19-21-37-36(25-35)20-22-38-44(37)54-46(52-38)41-24-30(28-63-3)27-58(41)49(61)43(33-10-7-6-8-11-33)55-47(59)34-17-18-34/h6-8,10-11,13-16,19-22,25-26,29-30,34,40-43H,5,9,12,17-18,23-24,27-28H2,1-4H3,(H,51,53)(H,52,54)(H,55,59)(H,56,62)/t29-,30-,40-,41-,42-,43+/m0/s1. The minimum absolute atomic E-state index is 0.0305. The molecule has 4 N–H and O–H groups in total. The first-order chi connectivity index (χ1) is 31.1. The highest BCUT2D eigenvalue weighted by Crippen LogP contribution is 2.40. The molecule has 6 atom stereocenters. The number of aromatic amines is 2. The van der Waals surface area contributed by atoms with Crippen LogP contribution in [0.1, 0.15) is 87.7 Å². The van der Waals surface area contributed by atoms with Crippen molar-refractivity contribution in [3.63, 3.8) is 0 Å². The van der Waals surface area contributed by atoms with Crippen LogP contribution in [-0.2, 0) is 23.9 Å². The van der Waals surface area contributed by atoms with Crippen LogP contribution in [0.4, 0.5) is 4.79 Å². The monoisotopic (exact) mass is 864 g/mol. The van der Waals surface area contributed by atoms with Crippen molar-refractivity contribution in [2.24, 2.45) is 17.8 Å². The lowest BCUT2D eigenvalue weighted by molar-refractivity contribution is -0.138. The number of ether oxygens (including phenoxy) is 2. The molecule has 3 aliphatic rings. The number of carbonyl (C=O) groups excluding carboxylic acids is 4. The molecule has 0 unspecified atom stereocenters. The Balaban J connectivity index is 0.931. The highest BCUT2D eigenvalue weighted by atomic mass is 16.5. The summed E-state index contributed by atoms with van der Waals surface area (Å²) in [6.07, 6.45) is 5.94. The normalized spacial score (nSPS) is 20.0. The first-order valence-electron chi connectivity index (χ1n) is 22.5. The number of benzene rings is 4. The number of carbonyl (C=O) groups is 4. The van der Waals surface area contributed by atoms with Crippen LogP contribution < -0.4 is 10.6 Å². The van der Waals surface area contributed by atoms with E-state index in [9.17, 15) is 19.2 Å². The van der Waals surface area contributed by atoms with Crippen LogP contribution in [0.25, 0.3) is 44.2 Å². The third-order valence-electron chi connectivity index (χ3n) is 13.4. The number of hydrogen-bond donors (Lipinski definition) is 4. The number of methoxy groups -OCH3 is 2. The van der Waals surface area contributed by atoms with Crippen LogP contribution >= 0.6 is 0 Å². The fourth-order valence-corrected chi connectivity index (χ4v) is 9.51. The zero-order valence-corrected chi connectivity index (χ0v) is 36.8. The van der Waals surface area contributed by atoms with Gasteiger partial charge >= 0.3 is 6.09 Å². The van der Waals surface area contributed by atoms with Gasteiger partial charge in [-0.25, -0.2) is 14.8 Å². The molecular formula is C50H56N8O6. The third kappa shape index (κ3) is 8.58. The second-order valence-electron chi connectivity index (χ2n) is 17.7. The zero-order chi connectivity index (χ0) is 44.5. The summed E-state index contributed by atoms with van der Waals surface area (Å²) < 4.78 is 10.4. The van der Waals surface area contributed by atoms with Crippen molar-refractivity contribution < 1.29 is 28.7 Å². The van der Waals surface area contributed by atoms with Gasteiger partial charge in [-0.1, -0.05) is 93.1 Å². The van der Waals surface area contributed by atoms with Gasteiger partial charge in [0, 0.05) is 37.4 Å². The summed E-state index contributed by atoms with van der Waals surface area (Å²) in [6.45, 7) is 5.57. The van der Waals surface area contributed by atoms with E-state index in [1.54, 1.807) is 7.11 Å². The predicted octanol–water partition coefficient (Wildman–Crippen LogP) is 8.01. The molecule has 4 heterocycles. The smallest absolute Gasteiger partial charge is 0.407 e. The molecule has 64 heavy (non-hydrogen) atoms. The molecule has 332 valence electrons. The van der Waals surface area contributed by atoms with Crippen LogP contribution in [0.3, 0.4) is 0 Å². The molecule has 1 saturated carbocycles. The van der Waals surface area contributed by atoms with E-state index in [1.807, 2.05) is 66.2 Å². The maximum Gasteiger partial charge on any atom is 0.407 e. The van der Waals surface area contributed by atoms with Gasteiger partial charge in [0.1, 0.15) is 23.7 Å². The van der Waals surface area contributed by atoms with E-state index >= 15 is 0 Å². The molecule has 0 bridgehead atoms. The van der Waals surface area contributed by atoms with Crippen molar-refractivity contribution in [2.75, 3.05) is 33.9 Å². The van der Waals surface area contributed by atoms with Crippen LogP contribution in [0.2, 0.25) is 0 Å². The maximum atomic E-state index is 14.5. The van der Waals surface area contributed by atoms with Gasteiger partial charge in [0.05, 0.1) is 48.7 Å². The summed E-state index contributed by atoms with van der Waals surface area (Å²) in [6, 6.07) is 26.4. The quantitative estimate of drug-likeness (QED) is 0.0852. The number of likely N-dealkylation sites (tertiary alicyclic amines) is 2. The van der Waals surface area contributed by atoms with E-state index in [0.717, 1.165) is 93.5 Å². The molecule has 14 heteroatoms. The van der Waals surface area contributed by atoms with Crippen LogP contribution in [-0.4, -0.2) is 93.5 Å². The first-order valence-corrected chi connectivity index (χ1v) is 22.5. The van der Waals surface area contributed by atoms with Gasteiger partial charge in [-0.2, -0.15) is 0 Å². The van der Waals surface area contributed by atoms with Crippen LogP contribution in [0.15, 0.2) is 91.1 Å². The Bertz CT molecular complexity index is 2660. The second-order valence-corrected chi connectivity index (χ2v) is 17.7. The average Bonchev–Trinajstić information content (AvgIpc) is 3.68. The number of rotatable bonds is 14. The molecule has 2 saturated heterocycles. The Labute approximate surface area is 372 Å². The van der Waals surface area contributed by atoms with E-state index in [1.165, 1.54) is 7.11 Å². The average molecular weight is 865 g/mol. The molecule has 0 spiro atoms. The number of amides is 4. The van der Waals surface area contributed by atoms with Gasteiger partial charge < -0.3 is 39.9 Å². The summed E-state index contributed by atoms with van der Waals surface area (Å²) in [4.78, 5) is 74.1. The van der Waals surface area contributed by atoms with Gasteiger partial charge in [-0.3, -0.25) is 14.4 Å². The lowest BCUT2D eigenvalue weighted by atomic mass is 9.97. The van der Waals surface area contributed by atoms with Crippen molar-refractivity contribution >= 4 is 45.6 Å². The van der Waals surface area contributed by atoms with Gasteiger partial charge in [-0.05, 0) is 77.8 Å². The molecular weight excluding hydrogens is 809 g/mol. The minimum Gasteiger partial charge on any atom is -0.453 e. The van der Waals surface area contributed by atoms with E-state index in [0.29, 0.717) is 26.1 Å². The molecule has 1 aliphatic carbocycles. The molecule has 4 amide bonds. The Morgan fingerprint density at radius 2 is 1.59 bits per heavy atom. The van der Waals surface area contributed by atoms with Gasteiger partial charge in [-0.15, -0.1) is 0 Å². The predicted molar refractivity (Wildman–Crippen MR) is 244 cm³/mol. The number of nitrogens with one attached hydrogen (secondary N) is 4. The topological polar surface area (TPSA) is 175 Å². The first kappa shape index (κ1) is 42.7. The fraction of sp³-hybridized carbons (Fsp3) is 0.400. The van der Waals surface area contributed by atoms with Crippen molar-refractivity contribution in [3.8, 4) is 22.4 Å². The third-order valence-corrected chi connectivity index (χ3v) is 13.4. The second kappa shape index (κ2) is 18.3. The maximum absolute atomic E-state index is 14.5. The molecule has 2 aliphatic heterocycles. The number of alkyl carbamates (subject to hydrolysis) is 1. The van der Waals surface area contributed by atoms with Gasteiger partial charge in [0.2, 0.25) is 17.7 Å². The van der Waals surface area contributed by atoms with Crippen LogP contribution in [0, 0.1) is 17.8 Å². The Hall–Kier alpha value is -6.54. The number of hydrogen-bond acceptors (Lipinski definition) is 8. The van der Waals surface area contributed by atoms with E-state index in [2.05, 4.69) is 69.1 Å². The summed E-state index contributed by atoms with van der Waals surface area (Å²) >= 11 is 0. The molecule has 3 fully saturated rings. The zero-order valence-electron chi connectivity index (χ0n) is 36.8. The number of nitrogens with zero attached hydrogens (tertiary/aromatic N) is 4. The minimum atomic E-state index is -0.792. The highest BCUT2D eigenvalue weighted by Gasteiger charge is 2.43. The van der Waals surface area contributed by atoms with Gasteiger partial charge in [0.15, 0.2) is 0 Å². The van der Waals surface area contributed by atoms with E-state index in [4.69, 9.17) is 19.4 Å². The van der Waals surface area contributed by atoms with Crippen molar-refractivity contribution in [3.05, 3.63) is 108 Å². The lowest BCUT2D eigenvalue weighted by Crippen LogP contribution is -2.51. The number of fused-ring (bicyclic) bond motifs is 3. The summed E-state index contributed by atoms with van der Waals surface area (Å²) in [5.41, 5.74) is 6.45. The van der Waals surface area contributed by atoms with Crippen molar-refractivity contribution in [2.45, 2.75) is 76.5 Å². The van der Waals surface area contributed by atoms with Crippen molar-refractivity contribution in [1.82, 2.24) is 40.4 Å². The van der Waals surface area contributed by atoms with Gasteiger partial charge in [0.25, 0.3) is 0 Å². The summed E-state index contributed by atoms with van der Waals surface area (Å²) in [5.74, 6) is 1.12. The van der Waals surface area contributed by atoms with Crippen molar-refractivity contribution in [1.29, 1.82) is 0 Å². The van der Waals surface area contributed by atoms with E-state index in [-0.39, 0.29) is 47.6 Å². The number of imidazole rings is 2. The summed E-state index contributed by atoms with van der Waals surface area (Å²) in [5, 5.41) is 7.92. The van der Waals surface area contributed by atoms with Crippen LogP contribution in [0.5, 0.6) is 0 Å². The molecule has 14 nitrogen and oxygen atoms in total. The Kier molecular flexibility index (Phi) is 12.2. The molecule has 6 aromatic rings. The largest absolute Gasteiger partial charge is 0.453 e. The number of H-pyrrole nitrogens is 2. The summed E-state index contributed by atoms with van der Waals surface area (Å²) in [7, 11) is 2.99. The molecule has 9 rings (SSSR count). The lowest BCUT2D eigenvalue weighted by Gasteiger charge is -2.30. The molecule has 2 aromatic heterocycles. The fourth-order valence-electron chi connectivity index (χ4n) is 9.51. The Morgan fingerprint density at radius 3 is 2.33 bits per heavy atom. The number of aromatic nitrogens is 4. The molecule has 0 radical (unpaired) electrons.